The van der Waals surface area contributed by atoms with Crippen molar-refractivity contribution in [2.24, 2.45) is 5.92 Å². The second-order valence-electron chi connectivity index (χ2n) is 5.46. The molecule has 0 radical (unpaired) electrons. The summed E-state index contributed by atoms with van der Waals surface area (Å²) >= 11 is 0. The molecule has 15 heavy (non-hydrogen) atoms. The lowest BCUT2D eigenvalue weighted by molar-refractivity contribution is 0.241. The monoisotopic (exact) mass is 228 g/mol. The van der Waals surface area contributed by atoms with Gasteiger partial charge in [0.2, 0.25) is 0 Å². The molecule has 0 N–H and O–H groups in total. The summed E-state index contributed by atoms with van der Waals surface area (Å²) in [4.78, 5) is 0. The van der Waals surface area contributed by atoms with Crippen LogP contribution in [-0.2, 0) is 9.16 Å². The van der Waals surface area contributed by atoms with E-state index in [1.807, 2.05) is 0 Å². The van der Waals surface area contributed by atoms with Crippen LogP contribution < -0.4 is 0 Å². The molecule has 2 aliphatic rings. The predicted molar refractivity (Wildman–Crippen MR) is 64.7 cm³/mol. The first-order chi connectivity index (χ1) is 7.15. The summed E-state index contributed by atoms with van der Waals surface area (Å²) in [6, 6.07) is 1.35. The summed E-state index contributed by atoms with van der Waals surface area (Å²) in [6.07, 6.45) is 7.14. The first-order valence-corrected chi connectivity index (χ1v) is 8.90. The fraction of sp³-hybridized carbons (Fsp3) is 1.00. The van der Waals surface area contributed by atoms with Gasteiger partial charge in [-0.3, -0.25) is 0 Å². The molecular formula is C12H24O2Si. The Balaban J connectivity index is 1.60. The third-order valence-corrected chi connectivity index (χ3v) is 5.75. The highest BCUT2D eigenvalue weighted by atomic mass is 28.3. The summed E-state index contributed by atoms with van der Waals surface area (Å²) in [5, 5.41) is 0. The Morgan fingerprint density at radius 3 is 2.80 bits per heavy atom. The molecule has 1 heterocycles. The minimum atomic E-state index is -0.879. The van der Waals surface area contributed by atoms with Crippen molar-refractivity contribution in [2.45, 2.75) is 70.4 Å². The average molecular weight is 228 g/mol. The van der Waals surface area contributed by atoms with Gasteiger partial charge in [0, 0.05) is 6.10 Å². The van der Waals surface area contributed by atoms with E-state index in [0.29, 0.717) is 18.3 Å². The lowest BCUT2D eigenvalue weighted by Crippen LogP contribution is -2.21. The molecule has 1 aliphatic carbocycles. The molecule has 0 aromatic rings. The van der Waals surface area contributed by atoms with E-state index in [-0.39, 0.29) is 0 Å². The molecule has 88 valence electrons. The normalized spacial score (nSPS) is 36.4. The van der Waals surface area contributed by atoms with Crippen LogP contribution >= 0.6 is 0 Å². The Morgan fingerprint density at radius 2 is 2.13 bits per heavy atom. The molecule has 3 heteroatoms. The summed E-state index contributed by atoms with van der Waals surface area (Å²) in [6.45, 7) is 6.62. The first kappa shape index (κ1) is 11.6. The second-order valence-corrected chi connectivity index (χ2v) is 7.94. The molecule has 0 amide bonds. The number of hydrogen-bond acceptors (Lipinski definition) is 2. The summed E-state index contributed by atoms with van der Waals surface area (Å²) in [5.41, 5.74) is 0. The van der Waals surface area contributed by atoms with Gasteiger partial charge in [-0.25, -0.2) is 0 Å². The molecule has 1 saturated heterocycles. The maximum Gasteiger partial charge on any atom is 0.174 e. The molecule has 0 bridgehead atoms. The van der Waals surface area contributed by atoms with Crippen LogP contribution in [0.25, 0.3) is 0 Å². The van der Waals surface area contributed by atoms with E-state index >= 15 is 0 Å². The van der Waals surface area contributed by atoms with E-state index < -0.39 is 9.04 Å². The Kier molecular flexibility index (Phi) is 3.86. The number of rotatable bonds is 5. The lowest BCUT2D eigenvalue weighted by Gasteiger charge is -2.21. The van der Waals surface area contributed by atoms with Crippen LogP contribution in [0.15, 0.2) is 0 Å². The highest BCUT2D eigenvalue weighted by Gasteiger charge is 2.43. The Morgan fingerprint density at radius 1 is 1.33 bits per heavy atom. The van der Waals surface area contributed by atoms with Crippen LogP contribution in [0.4, 0.5) is 0 Å². The smallest absolute Gasteiger partial charge is 0.174 e. The predicted octanol–water partition coefficient (Wildman–Crippen LogP) is 2.72. The fourth-order valence-electron chi connectivity index (χ4n) is 2.75. The number of epoxide rings is 1. The maximum absolute atomic E-state index is 5.89. The quantitative estimate of drug-likeness (QED) is 0.533. The van der Waals surface area contributed by atoms with E-state index in [4.69, 9.17) is 9.16 Å². The van der Waals surface area contributed by atoms with Crippen LogP contribution in [0.2, 0.25) is 12.6 Å². The Labute approximate surface area is 95.1 Å². The SMILES string of the molecule is CC(C)O[SiH](C)CCC1CCC2OC2C1. The van der Waals surface area contributed by atoms with Gasteiger partial charge in [0.25, 0.3) is 0 Å². The van der Waals surface area contributed by atoms with Crippen molar-refractivity contribution in [2.75, 3.05) is 0 Å². The van der Waals surface area contributed by atoms with Gasteiger partial charge >= 0.3 is 0 Å². The van der Waals surface area contributed by atoms with Crippen LogP contribution in [0, 0.1) is 5.92 Å². The zero-order valence-electron chi connectivity index (χ0n) is 10.2. The van der Waals surface area contributed by atoms with E-state index in [0.717, 1.165) is 5.92 Å². The van der Waals surface area contributed by atoms with E-state index in [1.54, 1.807) is 0 Å². The molecule has 4 atom stereocenters. The van der Waals surface area contributed by atoms with Crippen molar-refractivity contribution in [3.8, 4) is 0 Å². The third-order valence-electron chi connectivity index (χ3n) is 3.60. The fourth-order valence-corrected chi connectivity index (χ4v) is 4.76. The standard InChI is InChI=1S/C12H24O2Si/c1-9(2)14-15(3)7-6-10-4-5-11-12(8-10)13-11/h9-12,15H,4-8H2,1-3H3. The Hall–Kier alpha value is 0.137. The molecule has 0 aromatic carbocycles. The van der Waals surface area contributed by atoms with Crippen molar-refractivity contribution >= 4 is 9.04 Å². The second kappa shape index (κ2) is 4.98. The zero-order chi connectivity index (χ0) is 10.8. The van der Waals surface area contributed by atoms with Crippen molar-refractivity contribution in [3.05, 3.63) is 0 Å². The molecule has 2 fully saturated rings. The summed E-state index contributed by atoms with van der Waals surface area (Å²) in [7, 11) is -0.879. The first-order valence-electron chi connectivity index (χ1n) is 6.46. The van der Waals surface area contributed by atoms with Gasteiger partial charge in [-0.15, -0.1) is 0 Å². The molecular weight excluding hydrogens is 204 g/mol. The van der Waals surface area contributed by atoms with Crippen molar-refractivity contribution in [1.29, 1.82) is 0 Å². The lowest BCUT2D eigenvalue weighted by atomic mass is 9.88. The average Bonchev–Trinajstić information content (AvgIpc) is 2.91. The van der Waals surface area contributed by atoms with Gasteiger partial charge in [-0.1, -0.05) is 6.42 Å². The zero-order valence-corrected chi connectivity index (χ0v) is 11.4. The minimum Gasteiger partial charge on any atom is -0.418 e. The Bertz CT molecular complexity index is 208. The van der Waals surface area contributed by atoms with Crippen LogP contribution in [0.5, 0.6) is 0 Å². The van der Waals surface area contributed by atoms with Crippen molar-refractivity contribution in [3.63, 3.8) is 0 Å². The van der Waals surface area contributed by atoms with Crippen LogP contribution in [0.3, 0.4) is 0 Å². The van der Waals surface area contributed by atoms with Gasteiger partial charge in [-0.2, -0.15) is 0 Å². The molecule has 1 saturated carbocycles. The topological polar surface area (TPSA) is 21.8 Å². The van der Waals surface area contributed by atoms with Gasteiger partial charge in [0.05, 0.1) is 12.2 Å². The minimum absolute atomic E-state index is 0.425. The highest BCUT2D eigenvalue weighted by molar-refractivity contribution is 6.50. The van der Waals surface area contributed by atoms with Gasteiger partial charge in [0.15, 0.2) is 9.04 Å². The van der Waals surface area contributed by atoms with Crippen molar-refractivity contribution < 1.29 is 9.16 Å². The molecule has 4 unspecified atom stereocenters. The van der Waals surface area contributed by atoms with Gasteiger partial charge < -0.3 is 9.16 Å². The largest absolute Gasteiger partial charge is 0.418 e. The number of fused-ring (bicyclic) bond motifs is 1. The molecule has 1 aliphatic heterocycles. The molecule has 0 spiro atoms. The summed E-state index contributed by atoms with van der Waals surface area (Å²) < 4.78 is 11.4. The van der Waals surface area contributed by atoms with Crippen molar-refractivity contribution in [1.82, 2.24) is 0 Å². The van der Waals surface area contributed by atoms with E-state index in [2.05, 4.69) is 20.4 Å². The highest BCUT2D eigenvalue weighted by Crippen LogP contribution is 2.41. The van der Waals surface area contributed by atoms with Crippen LogP contribution in [0.1, 0.15) is 39.5 Å². The van der Waals surface area contributed by atoms with Crippen LogP contribution in [-0.4, -0.2) is 27.4 Å². The number of hydrogen-bond donors (Lipinski definition) is 0. The van der Waals surface area contributed by atoms with Gasteiger partial charge in [-0.05, 0) is 51.6 Å². The molecule has 0 aromatic heterocycles. The van der Waals surface area contributed by atoms with E-state index in [1.165, 1.54) is 31.7 Å². The summed E-state index contributed by atoms with van der Waals surface area (Å²) in [5.74, 6) is 0.930. The van der Waals surface area contributed by atoms with E-state index in [9.17, 15) is 0 Å². The molecule has 2 nitrogen and oxygen atoms in total. The number of ether oxygens (including phenoxy) is 1. The van der Waals surface area contributed by atoms with Gasteiger partial charge in [0.1, 0.15) is 0 Å². The maximum atomic E-state index is 5.89. The third kappa shape index (κ3) is 3.57. The molecule has 2 rings (SSSR count).